The first kappa shape index (κ1) is 23.2. The molecule has 0 saturated carbocycles. The second-order valence-corrected chi connectivity index (χ2v) is 9.83. The van der Waals surface area contributed by atoms with Gasteiger partial charge in [0.2, 0.25) is 5.91 Å². The molecule has 188 valence electrons. The summed E-state index contributed by atoms with van der Waals surface area (Å²) in [5.41, 5.74) is 0.882. The standard InChI is InChI=1S/C29H26FN3O4/c1-37-22-12-10-21(11-13-22)33-27(35)29(26(34)31-28(33)36)17-20-8-5-9-23(30)25(20)32-15-14-19(16-24(29)32)18-6-3-2-4-7-18/h2-13,19,24H,14-17H2,1H3,(H,31,34,36)/t19-,24-,29+/m0/s1. The second-order valence-electron chi connectivity index (χ2n) is 9.83. The lowest BCUT2D eigenvalue weighted by Crippen LogP contribution is -2.73. The van der Waals surface area contributed by atoms with Crippen LogP contribution in [0.25, 0.3) is 0 Å². The maximum absolute atomic E-state index is 15.2. The summed E-state index contributed by atoms with van der Waals surface area (Å²) in [4.78, 5) is 44.0. The van der Waals surface area contributed by atoms with Crippen molar-refractivity contribution in [1.29, 1.82) is 0 Å². The number of nitrogens with one attached hydrogen (secondary N) is 1. The van der Waals surface area contributed by atoms with Gasteiger partial charge in [0, 0.05) is 6.54 Å². The molecule has 0 unspecified atom stereocenters. The fourth-order valence-corrected chi connectivity index (χ4v) is 6.24. The third kappa shape index (κ3) is 3.50. The van der Waals surface area contributed by atoms with Gasteiger partial charge in [-0.05, 0) is 66.6 Å². The molecular formula is C29H26FN3O4. The van der Waals surface area contributed by atoms with E-state index in [1.807, 2.05) is 35.2 Å². The van der Waals surface area contributed by atoms with Crippen molar-refractivity contribution < 1.29 is 23.5 Å². The number of rotatable bonds is 3. The van der Waals surface area contributed by atoms with Crippen LogP contribution in [0.5, 0.6) is 5.75 Å². The number of anilines is 2. The van der Waals surface area contributed by atoms with E-state index in [4.69, 9.17) is 4.74 Å². The monoisotopic (exact) mass is 499 g/mol. The molecule has 3 aromatic rings. The van der Waals surface area contributed by atoms with Crippen LogP contribution >= 0.6 is 0 Å². The van der Waals surface area contributed by atoms with Crippen LogP contribution in [0.15, 0.2) is 72.8 Å². The molecule has 0 aliphatic carbocycles. The van der Waals surface area contributed by atoms with E-state index in [9.17, 15) is 14.4 Å². The minimum absolute atomic E-state index is 0.00731. The molecule has 3 atom stereocenters. The van der Waals surface area contributed by atoms with Crippen molar-refractivity contribution >= 4 is 29.2 Å². The smallest absolute Gasteiger partial charge is 0.335 e. The molecule has 8 heteroatoms. The second kappa shape index (κ2) is 8.73. The van der Waals surface area contributed by atoms with Crippen molar-refractivity contribution in [3.63, 3.8) is 0 Å². The zero-order chi connectivity index (χ0) is 25.7. The average Bonchev–Trinajstić information content (AvgIpc) is 2.92. The van der Waals surface area contributed by atoms with Crippen LogP contribution in [0.1, 0.15) is 29.9 Å². The normalized spacial score (nSPS) is 25.0. The molecule has 2 fully saturated rings. The summed E-state index contributed by atoms with van der Waals surface area (Å²) in [6.45, 7) is 0.483. The zero-order valence-electron chi connectivity index (χ0n) is 20.3. The van der Waals surface area contributed by atoms with Gasteiger partial charge in [0.25, 0.3) is 5.91 Å². The van der Waals surface area contributed by atoms with E-state index in [1.165, 1.54) is 13.2 Å². The van der Waals surface area contributed by atoms with Gasteiger partial charge in [-0.15, -0.1) is 0 Å². The summed E-state index contributed by atoms with van der Waals surface area (Å²) in [6.07, 6.45) is 1.23. The molecule has 6 rings (SSSR count). The molecule has 1 spiro atoms. The molecule has 3 aliphatic heterocycles. The molecule has 1 N–H and O–H groups in total. The Morgan fingerprint density at radius 3 is 2.46 bits per heavy atom. The largest absolute Gasteiger partial charge is 0.497 e. The minimum atomic E-state index is -1.60. The number of amides is 4. The number of nitrogens with zero attached hydrogens (tertiary/aromatic N) is 2. The fourth-order valence-electron chi connectivity index (χ4n) is 6.24. The van der Waals surface area contributed by atoms with Crippen LogP contribution in [0.4, 0.5) is 20.6 Å². The van der Waals surface area contributed by atoms with Crippen LogP contribution < -0.4 is 19.9 Å². The van der Waals surface area contributed by atoms with Crippen molar-refractivity contribution in [3.05, 3.63) is 89.7 Å². The number of piperidine rings is 1. The zero-order valence-corrected chi connectivity index (χ0v) is 20.3. The lowest BCUT2D eigenvalue weighted by Gasteiger charge is -2.54. The van der Waals surface area contributed by atoms with E-state index >= 15 is 4.39 Å². The Hall–Kier alpha value is -4.20. The summed E-state index contributed by atoms with van der Waals surface area (Å²) in [6, 6.07) is 19.8. The van der Waals surface area contributed by atoms with Crippen LogP contribution in [0.2, 0.25) is 0 Å². The van der Waals surface area contributed by atoms with Gasteiger partial charge in [-0.25, -0.2) is 14.1 Å². The first-order valence-corrected chi connectivity index (χ1v) is 12.4. The van der Waals surface area contributed by atoms with E-state index < -0.39 is 29.3 Å². The van der Waals surface area contributed by atoms with Crippen LogP contribution in [-0.4, -0.2) is 37.5 Å². The Balaban J connectivity index is 1.49. The maximum Gasteiger partial charge on any atom is 0.335 e. The van der Waals surface area contributed by atoms with E-state index in [2.05, 4.69) is 5.32 Å². The molecule has 0 radical (unpaired) electrons. The lowest BCUT2D eigenvalue weighted by atomic mass is 9.64. The number of fused-ring (bicyclic) bond motifs is 4. The number of urea groups is 1. The van der Waals surface area contributed by atoms with E-state index in [-0.39, 0.29) is 18.2 Å². The van der Waals surface area contributed by atoms with Crippen molar-refractivity contribution in [2.24, 2.45) is 5.41 Å². The van der Waals surface area contributed by atoms with E-state index in [0.29, 0.717) is 35.7 Å². The Morgan fingerprint density at radius 2 is 1.73 bits per heavy atom. The van der Waals surface area contributed by atoms with E-state index in [0.717, 1.165) is 16.9 Å². The first-order valence-electron chi connectivity index (χ1n) is 12.4. The number of benzene rings is 3. The molecule has 3 aliphatic rings. The molecule has 3 aromatic carbocycles. The van der Waals surface area contributed by atoms with Gasteiger partial charge in [0.1, 0.15) is 11.6 Å². The third-order valence-electron chi connectivity index (χ3n) is 8.01. The topological polar surface area (TPSA) is 79.0 Å². The summed E-state index contributed by atoms with van der Waals surface area (Å²) in [5.74, 6) is -0.941. The molecule has 0 aromatic heterocycles. The summed E-state index contributed by atoms with van der Waals surface area (Å²) < 4.78 is 20.4. The first-order chi connectivity index (χ1) is 17.9. The average molecular weight is 500 g/mol. The Morgan fingerprint density at radius 1 is 0.973 bits per heavy atom. The van der Waals surface area contributed by atoms with Gasteiger partial charge in [-0.3, -0.25) is 14.9 Å². The predicted molar refractivity (Wildman–Crippen MR) is 136 cm³/mol. The number of imide groups is 2. The highest BCUT2D eigenvalue weighted by molar-refractivity contribution is 6.30. The predicted octanol–water partition coefficient (Wildman–Crippen LogP) is 4.41. The Labute approximate surface area is 213 Å². The lowest BCUT2D eigenvalue weighted by molar-refractivity contribution is -0.145. The van der Waals surface area contributed by atoms with Crippen LogP contribution in [0, 0.1) is 11.2 Å². The van der Waals surface area contributed by atoms with Crippen molar-refractivity contribution in [2.75, 3.05) is 23.5 Å². The number of methoxy groups -OCH3 is 1. The maximum atomic E-state index is 15.2. The molecule has 0 bridgehead atoms. The molecule has 3 heterocycles. The fraction of sp³-hybridized carbons (Fsp3) is 0.276. The Bertz CT molecular complexity index is 1390. The van der Waals surface area contributed by atoms with Gasteiger partial charge in [0.15, 0.2) is 5.41 Å². The number of para-hydroxylation sites is 1. The van der Waals surface area contributed by atoms with Gasteiger partial charge < -0.3 is 9.64 Å². The van der Waals surface area contributed by atoms with Gasteiger partial charge >= 0.3 is 6.03 Å². The van der Waals surface area contributed by atoms with Crippen LogP contribution in [-0.2, 0) is 16.0 Å². The summed E-state index contributed by atoms with van der Waals surface area (Å²) in [5, 5.41) is 2.46. The highest BCUT2D eigenvalue weighted by Gasteiger charge is 2.63. The Kier molecular flexibility index (Phi) is 5.47. The number of halogens is 1. The quantitative estimate of drug-likeness (QED) is 0.540. The summed E-state index contributed by atoms with van der Waals surface area (Å²) >= 11 is 0. The highest BCUT2D eigenvalue weighted by Crippen LogP contribution is 2.51. The third-order valence-corrected chi connectivity index (χ3v) is 8.01. The number of carbonyl (C=O) groups is 3. The molecule has 7 nitrogen and oxygen atoms in total. The van der Waals surface area contributed by atoms with E-state index in [1.54, 1.807) is 36.4 Å². The SMILES string of the molecule is COc1ccc(N2C(=O)NC(=O)[C@]3(Cc4cccc(F)c4N4CC[C@H](c5ccccc5)C[C@H]43)C2=O)cc1. The number of barbiturate groups is 1. The highest BCUT2D eigenvalue weighted by atomic mass is 19.1. The van der Waals surface area contributed by atoms with Crippen molar-refractivity contribution in [1.82, 2.24) is 5.32 Å². The van der Waals surface area contributed by atoms with Crippen molar-refractivity contribution in [3.8, 4) is 5.75 Å². The molecule has 2 saturated heterocycles. The number of hydrogen-bond acceptors (Lipinski definition) is 5. The summed E-state index contributed by atoms with van der Waals surface area (Å²) in [7, 11) is 1.53. The molecular weight excluding hydrogens is 473 g/mol. The molecule has 4 amide bonds. The molecule has 37 heavy (non-hydrogen) atoms. The van der Waals surface area contributed by atoms with Gasteiger partial charge in [-0.2, -0.15) is 0 Å². The minimum Gasteiger partial charge on any atom is -0.497 e. The van der Waals surface area contributed by atoms with Crippen molar-refractivity contribution in [2.45, 2.75) is 31.2 Å². The van der Waals surface area contributed by atoms with Gasteiger partial charge in [0.05, 0.1) is 24.5 Å². The van der Waals surface area contributed by atoms with Gasteiger partial charge in [-0.1, -0.05) is 42.5 Å². The number of ether oxygens (including phenoxy) is 1. The number of carbonyl (C=O) groups excluding carboxylic acids is 3. The number of hydrogen-bond donors (Lipinski definition) is 1. The van der Waals surface area contributed by atoms with Crippen LogP contribution in [0.3, 0.4) is 0 Å².